The summed E-state index contributed by atoms with van der Waals surface area (Å²) in [5.74, 6) is 0.509. The molecule has 0 unspecified atom stereocenters. The average Bonchev–Trinajstić information content (AvgIpc) is 3.00. The summed E-state index contributed by atoms with van der Waals surface area (Å²) in [6.07, 6.45) is 1.47. The van der Waals surface area contributed by atoms with E-state index in [4.69, 9.17) is 4.42 Å². The van der Waals surface area contributed by atoms with Gasteiger partial charge in [-0.2, -0.15) is 4.31 Å². The Morgan fingerprint density at radius 3 is 2.43 bits per heavy atom. The highest BCUT2D eigenvalue weighted by Gasteiger charge is 2.22. The fraction of sp³-hybridized carbons (Fsp3) is 0.143. The van der Waals surface area contributed by atoms with Gasteiger partial charge < -0.3 is 14.4 Å². The second-order valence-corrected chi connectivity index (χ2v) is 7.00. The van der Waals surface area contributed by atoms with Crippen LogP contribution in [0.15, 0.2) is 55.5 Å². The van der Waals surface area contributed by atoms with Crippen molar-refractivity contribution in [2.24, 2.45) is 0 Å². The molecule has 2 aromatic heterocycles. The summed E-state index contributed by atoms with van der Waals surface area (Å²) in [6, 6.07) is 7.45. The molecule has 2 N–H and O–H groups in total. The molecule has 23 heavy (non-hydrogen) atoms. The Labute approximate surface area is 130 Å². The quantitative estimate of drug-likeness (QED) is 0.678. The first-order valence-corrected chi connectivity index (χ1v) is 8.07. The van der Waals surface area contributed by atoms with E-state index in [2.05, 4.69) is 9.97 Å². The highest BCUT2D eigenvalue weighted by atomic mass is 32.2. The Balaban J connectivity index is 2.02. The Bertz CT molecular complexity index is 1060. The van der Waals surface area contributed by atoms with E-state index in [1.54, 1.807) is 12.1 Å². The molecule has 9 heteroatoms. The largest absolute Gasteiger partial charge is 0.468 e. The van der Waals surface area contributed by atoms with Gasteiger partial charge in [-0.05, 0) is 30.3 Å². The van der Waals surface area contributed by atoms with E-state index in [1.165, 1.54) is 31.5 Å². The minimum Gasteiger partial charge on any atom is -0.468 e. The van der Waals surface area contributed by atoms with Crippen molar-refractivity contribution < 1.29 is 12.8 Å². The number of aromatic amines is 2. The Morgan fingerprint density at radius 2 is 1.78 bits per heavy atom. The summed E-state index contributed by atoms with van der Waals surface area (Å²) in [5.41, 5.74) is -1.04. The average molecular weight is 335 g/mol. The van der Waals surface area contributed by atoms with Crippen LogP contribution in [0, 0.1) is 0 Å². The van der Waals surface area contributed by atoms with E-state index in [9.17, 15) is 18.0 Å². The van der Waals surface area contributed by atoms with Crippen LogP contribution in [0.2, 0.25) is 0 Å². The van der Waals surface area contributed by atoms with Crippen molar-refractivity contribution in [3.05, 3.63) is 63.1 Å². The summed E-state index contributed by atoms with van der Waals surface area (Å²) < 4.78 is 31.4. The Kier molecular flexibility index (Phi) is 3.66. The molecule has 0 saturated carbocycles. The number of furan rings is 1. The van der Waals surface area contributed by atoms with Crippen LogP contribution in [0.5, 0.6) is 0 Å². The lowest BCUT2D eigenvalue weighted by Gasteiger charge is -2.16. The highest BCUT2D eigenvalue weighted by molar-refractivity contribution is 7.89. The van der Waals surface area contributed by atoms with E-state index in [-0.39, 0.29) is 17.0 Å². The molecule has 1 aromatic carbocycles. The molecule has 0 aliphatic carbocycles. The first kappa shape index (κ1) is 15.3. The van der Waals surface area contributed by atoms with Crippen LogP contribution in [0.1, 0.15) is 5.76 Å². The highest BCUT2D eigenvalue weighted by Crippen LogP contribution is 2.19. The SMILES string of the molecule is CN(Cc1ccco1)S(=O)(=O)c1ccc2[nH]c(=O)c(=O)[nH]c2c1. The molecule has 8 nitrogen and oxygen atoms in total. The number of rotatable bonds is 4. The zero-order valence-corrected chi connectivity index (χ0v) is 12.9. The van der Waals surface area contributed by atoms with Crippen molar-refractivity contribution in [3.8, 4) is 0 Å². The van der Waals surface area contributed by atoms with Gasteiger partial charge in [-0.25, -0.2) is 8.42 Å². The third kappa shape index (κ3) is 2.83. The fourth-order valence-electron chi connectivity index (χ4n) is 2.14. The summed E-state index contributed by atoms with van der Waals surface area (Å²) in [5, 5.41) is 0. The zero-order chi connectivity index (χ0) is 16.6. The van der Waals surface area contributed by atoms with Crippen LogP contribution in [0.3, 0.4) is 0 Å². The lowest BCUT2D eigenvalue weighted by atomic mass is 10.3. The first-order valence-electron chi connectivity index (χ1n) is 6.63. The molecule has 0 saturated heterocycles. The molecular formula is C14H13N3O5S. The van der Waals surface area contributed by atoms with Crippen molar-refractivity contribution in [2.45, 2.75) is 11.4 Å². The standard InChI is InChI=1S/C14H13N3O5S/c1-17(8-9-3-2-6-22-9)23(20,21)10-4-5-11-12(7-10)16-14(19)13(18)15-11/h2-7H,8H2,1H3,(H,15,18)(H,16,19). The molecule has 0 atom stereocenters. The smallest absolute Gasteiger partial charge is 0.314 e. The maximum atomic E-state index is 12.6. The fourth-order valence-corrected chi connectivity index (χ4v) is 3.31. The molecule has 3 rings (SSSR count). The third-order valence-electron chi connectivity index (χ3n) is 3.36. The number of hydrogen-bond donors (Lipinski definition) is 2. The number of nitrogens with one attached hydrogen (secondary N) is 2. The van der Waals surface area contributed by atoms with E-state index in [0.717, 1.165) is 4.31 Å². The predicted octanol–water partition coefficient (Wildman–Crippen LogP) is 0.630. The van der Waals surface area contributed by atoms with Gasteiger partial charge in [-0.15, -0.1) is 0 Å². The minimum absolute atomic E-state index is 0.00163. The van der Waals surface area contributed by atoms with Gasteiger partial charge in [0.2, 0.25) is 10.0 Å². The number of H-pyrrole nitrogens is 2. The monoisotopic (exact) mass is 335 g/mol. The summed E-state index contributed by atoms with van der Waals surface area (Å²) in [4.78, 5) is 27.4. The van der Waals surface area contributed by atoms with Crippen molar-refractivity contribution in [1.29, 1.82) is 0 Å². The van der Waals surface area contributed by atoms with E-state index in [1.807, 2.05) is 0 Å². The second kappa shape index (κ2) is 5.52. The number of sulfonamides is 1. The van der Waals surface area contributed by atoms with Crippen LogP contribution >= 0.6 is 0 Å². The van der Waals surface area contributed by atoms with E-state index >= 15 is 0 Å². The van der Waals surface area contributed by atoms with E-state index in [0.29, 0.717) is 11.3 Å². The van der Waals surface area contributed by atoms with Crippen LogP contribution in [0.4, 0.5) is 0 Å². The molecule has 0 fully saturated rings. The van der Waals surface area contributed by atoms with Gasteiger partial charge in [0.15, 0.2) is 0 Å². The maximum absolute atomic E-state index is 12.6. The maximum Gasteiger partial charge on any atom is 0.314 e. The van der Waals surface area contributed by atoms with Crippen LogP contribution in [-0.2, 0) is 16.6 Å². The van der Waals surface area contributed by atoms with Crippen molar-refractivity contribution in [1.82, 2.24) is 14.3 Å². The van der Waals surface area contributed by atoms with Crippen LogP contribution in [-0.4, -0.2) is 29.7 Å². The molecule has 2 heterocycles. The lowest BCUT2D eigenvalue weighted by molar-refractivity contribution is 0.406. The molecule has 120 valence electrons. The van der Waals surface area contributed by atoms with Crippen molar-refractivity contribution >= 4 is 21.1 Å². The van der Waals surface area contributed by atoms with Crippen LogP contribution in [0.25, 0.3) is 11.0 Å². The number of benzene rings is 1. The molecule has 0 bridgehead atoms. The Hall–Kier alpha value is -2.65. The van der Waals surface area contributed by atoms with Gasteiger partial charge in [-0.1, -0.05) is 0 Å². The third-order valence-corrected chi connectivity index (χ3v) is 5.16. The molecule has 0 aliphatic heterocycles. The van der Waals surface area contributed by atoms with Crippen molar-refractivity contribution in [3.63, 3.8) is 0 Å². The van der Waals surface area contributed by atoms with Gasteiger partial charge >= 0.3 is 11.1 Å². The molecule has 0 aliphatic rings. The van der Waals surface area contributed by atoms with Gasteiger partial charge in [0.25, 0.3) is 0 Å². The number of fused-ring (bicyclic) bond motifs is 1. The number of aromatic nitrogens is 2. The van der Waals surface area contributed by atoms with E-state index < -0.39 is 21.1 Å². The summed E-state index contributed by atoms with van der Waals surface area (Å²) in [7, 11) is -2.34. The molecule has 0 amide bonds. The normalized spacial score (nSPS) is 12.1. The number of hydrogen-bond acceptors (Lipinski definition) is 5. The second-order valence-electron chi connectivity index (χ2n) is 4.96. The summed E-state index contributed by atoms with van der Waals surface area (Å²) >= 11 is 0. The predicted molar refractivity (Wildman–Crippen MR) is 82.6 cm³/mol. The molecule has 0 spiro atoms. The van der Waals surface area contributed by atoms with Gasteiger partial charge in [0, 0.05) is 7.05 Å². The van der Waals surface area contributed by atoms with Gasteiger partial charge in [0.05, 0.1) is 28.7 Å². The molecule has 3 aromatic rings. The first-order chi connectivity index (χ1) is 10.9. The Morgan fingerprint density at radius 1 is 1.09 bits per heavy atom. The van der Waals surface area contributed by atoms with Gasteiger partial charge in [-0.3, -0.25) is 9.59 Å². The van der Waals surface area contributed by atoms with Crippen LogP contribution < -0.4 is 11.1 Å². The molecule has 0 radical (unpaired) electrons. The summed E-state index contributed by atoms with van der Waals surface area (Å²) in [6.45, 7) is 0.0789. The topological polar surface area (TPSA) is 116 Å². The van der Waals surface area contributed by atoms with Gasteiger partial charge in [0.1, 0.15) is 5.76 Å². The zero-order valence-electron chi connectivity index (χ0n) is 12.1. The lowest BCUT2D eigenvalue weighted by Crippen LogP contribution is -2.29. The van der Waals surface area contributed by atoms with Crippen molar-refractivity contribution in [2.75, 3.05) is 7.05 Å². The molecular weight excluding hydrogens is 322 g/mol. The minimum atomic E-state index is -3.77. The number of nitrogens with zero attached hydrogens (tertiary/aromatic N) is 1.